The van der Waals surface area contributed by atoms with E-state index in [1.165, 1.54) is 6.07 Å². The number of nitrogens with zero attached hydrogens (tertiary/aromatic N) is 2. The first-order valence-electron chi connectivity index (χ1n) is 6.05. The van der Waals surface area contributed by atoms with Crippen LogP contribution >= 0.6 is 11.6 Å². The molecule has 0 unspecified atom stereocenters. The number of carbonyl (C=O) groups is 1. The summed E-state index contributed by atoms with van der Waals surface area (Å²) in [4.78, 5) is 11.2. The number of benzene rings is 1. The van der Waals surface area contributed by atoms with E-state index in [1.54, 1.807) is 30.8 Å². The normalized spacial score (nSPS) is 10.6. The smallest absolute Gasteiger partial charge is 0.339 e. The molecule has 0 atom stereocenters. The van der Waals surface area contributed by atoms with Gasteiger partial charge in [-0.1, -0.05) is 17.7 Å². The van der Waals surface area contributed by atoms with Crippen molar-refractivity contribution >= 4 is 17.6 Å². The Morgan fingerprint density at radius 1 is 1.45 bits per heavy atom. The Labute approximate surface area is 121 Å². The summed E-state index contributed by atoms with van der Waals surface area (Å²) in [5.41, 5.74) is 2.49. The molecule has 6 heteroatoms. The average molecular weight is 295 g/mol. The second-order valence-electron chi connectivity index (χ2n) is 4.56. The highest BCUT2D eigenvalue weighted by Crippen LogP contribution is 2.24. The van der Waals surface area contributed by atoms with E-state index in [1.807, 2.05) is 6.92 Å². The van der Waals surface area contributed by atoms with E-state index in [9.17, 15) is 4.79 Å². The Morgan fingerprint density at radius 3 is 2.70 bits per heavy atom. The molecule has 0 radical (unpaired) electrons. The van der Waals surface area contributed by atoms with Gasteiger partial charge in [0.1, 0.15) is 17.9 Å². The van der Waals surface area contributed by atoms with Gasteiger partial charge in [0.25, 0.3) is 0 Å². The summed E-state index contributed by atoms with van der Waals surface area (Å²) in [6.07, 6.45) is 0. The Morgan fingerprint density at radius 2 is 2.15 bits per heavy atom. The largest absolute Gasteiger partial charge is 0.486 e. The van der Waals surface area contributed by atoms with E-state index in [2.05, 4.69) is 5.10 Å². The van der Waals surface area contributed by atoms with Crippen LogP contribution in [0.1, 0.15) is 27.3 Å². The van der Waals surface area contributed by atoms with Gasteiger partial charge < -0.3 is 9.84 Å². The molecule has 0 fully saturated rings. The van der Waals surface area contributed by atoms with E-state index in [0.29, 0.717) is 16.5 Å². The van der Waals surface area contributed by atoms with Crippen LogP contribution in [-0.2, 0) is 13.7 Å². The molecule has 2 rings (SSSR count). The van der Waals surface area contributed by atoms with E-state index < -0.39 is 5.97 Å². The van der Waals surface area contributed by atoms with Gasteiger partial charge in [-0.15, -0.1) is 0 Å². The third-order valence-corrected chi connectivity index (χ3v) is 3.49. The summed E-state index contributed by atoms with van der Waals surface area (Å²) in [5, 5.41) is 13.9. The zero-order valence-electron chi connectivity index (χ0n) is 11.5. The molecular weight excluding hydrogens is 280 g/mol. The van der Waals surface area contributed by atoms with Crippen LogP contribution in [0.3, 0.4) is 0 Å². The van der Waals surface area contributed by atoms with Gasteiger partial charge in [0.15, 0.2) is 0 Å². The van der Waals surface area contributed by atoms with Crippen molar-refractivity contribution in [1.29, 1.82) is 0 Å². The van der Waals surface area contributed by atoms with Gasteiger partial charge in [-0.2, -0.15) is 5.10 Å². The molecule has 2 aromatic rings. The molecule has 0 aliphatic carbocycles. The number of carboxylic acid groups (broad SMARTS) is 1. The number of halogens is 1. The summed E-state index contributed by atoms with van der Waals surface area (Å²) in [6.45, 7) is 3.85. The van der Waals surface area contributed by atoms with Crippen molar-refractivity contribution in [3.63, 3.8) is 0 Å². The number of hydrogen-bond acceptors (Lipinski definition) is 3. The molecule has 0 spiro atoms. The minimum Gasteiger partial charge on any atom is -0.486 e. The van der Waals surface area contributed by atoms with E-state index >= 15 is 0 Å². The average Bonchev–Trinajstić information content (AvgIpc) is 2.61. The van der Waals surface area contributed by atoms with Crippen LogP contribution in [-0.4, -0.2) is 20.9 Å². The van der Waals surface area contributed by atoms with E-state index in [0.717, 1.165) is 11.3 Å². The second-order valence-corrected chi connectivity index (χ2v) is 4.94. The van der Waals surface area contributed by atoms with Crippen molar-refractivity contribution in [3.8, 4) is 5.75 Å². The van der Waals surface area contributed by atoms with Gasteiger partial charge in [0.05, 0.1) is 16.4 Å². The topological polar surface area (TPSA) is 64.3 Å². The fraction of sp³-hybridized carbons (Fsp3) is 0.286. The Balaban J connectivity index is 2.27. The number of aryl methyl sites for hydroxylation is 3. The van der Waals surface area contributed by atoms with Gasteiger partial charge in [0.2, 0.25) is 0 Å². The van der Waals surface area contributed by atoms with Crippen molar-refractivity contribution in [2.24, 2.45) is 7.05 Å². The number of hydrogen-bond donors (Lipinski definition) is 1. The zero-order valence-corrected chi connectivity index (χ0v) is 12.2. The lowest BCUT2D eigenvalue weighted by Crippen LogP contribution is -2.07. The number of rotatable bonds is 4. The van der Waals surface area contributed by atoms with E-state index in [-0.39, 0.29) is 12.2 Å². The van der Waals surface area contributed by atoms with Gasteiger partial charge >= 0.3 is 5.97 Å². The van der Waals surface area contributed by atoms with Gasteiger partial charge in [-0.3, -0.25) is 4.68 Å². The summed E-state index contributed by atoms with van der Waals surface area (Å²) >= 11 is 6.13. The van der Waals surface area contributed by atoms with Crippen molar-refractivity contribution in [2.45, 2.75) is 20.5 Å². The zero-order chi connectivity index (χ0) is 14.9. The molecular formula is C14H15ClN2O3. The molecule has 1 aromatic heterocycles. The van der Waals surface area contributed by atoms with Crippen molar-refractivity contribution < 1.29 is 14.6 Å². The van der Waals surface area contributed by atoms with Crippen LogP contribution in [0.5, 0.6) is 5.75 Å². The lowest BCUT2D eigenvalue weighted by molar-refractivity contribution is 0.0691. The first kappa shape index (κ1) is 14.4. The first-order valence-corrected chi connectivity index (χ1v) is 6.42. The summed E-state index contributed by atoms with van der Waals surface area (Å²) in [5.74, 6) is -0.695. The first-order chi connectivity index (χ1) is 9.40. The van der Waals surface area contributed by atoms with E-state index in [4.69, 9.17) is 21.4 Å². The third-order valence-electron chi connectivity index (χ3n) is 2.99. The maximum Gasteiger partial charge on any atom is 0.339 e. The Bertz CT molecular complexity index is 665. The molecule has 106 valence electrons. The SMILES string of the molecule is Cc1ccc(C(=O)O)c(OCc2c(Cl)c(C)nn2C)c1. The summed E-state index contributed by atoms with van der Waals surface area (Å²) in [7, 11) is 1.77. The fourth-order valence-electron chi connectivity index (χ4n) is 1.91. The van der Waals surface area contributed by atoms with Crippen LogP contribution in [0.2, 0.25) is 5.02 Å². The lowest BCUT2D eigenvalue weighted by Gasteiger charge is -2.10. The number of aromatic nitrogens is 2. The van der Waals surface area contributed by atoms with Gasteiger partial charge in [-0.25, -0.2) is 4.79 Å². The maximum atomic E-state index is 11.2. The molecule has 0 saturated carbocycles. The highest BCUT2D eigenvalue weighted by atomic mass is 35.5. The molecule has 0 saturated heterocycles. The summed E-state index contributed by atoms with van der Waals surface area (Å²) in [6, 6.07) is 4.96. The predicted molar refractivity (Wildman–Crippen MR) is 75.4 cm³/mol. The Kier molecular flexibility index (Phi) is 3.99. The van der Waals surface area contributed by atoms with Crippen LogP contribution < -0.4 is 4.74 Å². The minimum atomic E-state index is -1.02. The predicted octanol–water partition coefficient (Wildman–Crippen LogP) is 2.97. The number of aromatic carboxylic acids is 1. The molecule has 0 amide bonds. The molecule has 1 aromatic carbocycles. The van der Waals surface area contributed by atoms with Crippen LogP contribution in [0.4, 0.5) is 0 Å². The molecule has 1 heterocycles. The lowest BCUT2D eigenvalue weighted by atomic mass is 10.1. The second kappa shape index (κ2) is 5.54. The standard InChI is InChI=1S/C14H15ClN2O3/c1-8-4-5-10(14(18)19)12(6-8)20-7-11-13(15)9(2)16-17(11)3/h4-6H,7H2,1-3H3,(H,18,19). The van der Waals surface area contributed by atoms with Crippen molar-refractivity contribution in [3.05, 3.63) is 45.7 Å². The highest BCUT2D eigenvalue weighted by Gasteiger charge is 2.15. The number of ether oxygens (including phenoxy) is 1. The van der Waals surface area contributed by atoms with Gasteiger partial charge in [0, 0.05) is 7.05 Å². The Hall–Kier alpha value is -2.01. The molecule has 0 aliphatic heterocycles. The molecule has 20 heavy (non-hydrogen) atoms. The molecule has 0 bridgehead atoms. The van der Waals surface area contributed by atoms with Crippen LogP contribution in [0.25, 0.3) is 0 Å². The fourth-order valence-corrected chi connectivity index (χ4v) is 2.12. The summed E-state index contributed by atoms with van der Waals surface area (Å²) < 4.78 is 7.25. The molecule has 5 nitrogen and oxygen atoms in total. The quantitative estimate of drug-likeness (QED) is 0.941. The minimum absolute atomic E-state index is 0.130. The van der Waals surface area contributed by atoms with Crippen LogP contribution in [0.15, 0.2) is 18.2 Å². The molecule has 0 aliphatic rings. The van der Waals surface area contributed by atoms with Gasteiger partial charge in [-0.05, 0) is 31.5 Å². The van der Waals surface area contributed by atoms with Crippen molar-refractivity contribution in [1.82, 2.24) is 9.78 Å². The molecule has 1 N–H and O–H groups in total. The number of carboxylic acids is 1. The van der Waals surface area contributed by atoms with Crippen LogP contribution in [0, 0.1) is 13.8 Å². The highest BCUT2D eigenvalue weighted by molar-refractivity contribution is 6.31. The third kappa shape index (κ3) is 2.77. The van der Waals surface area contributed by atoms with Crippen molar-refractivity contribution in [2.75, 3.05) is 0 Å². The monoisotopic (exact) mass is 294 g/mol. The maximum absolute atomic E-state index is 11.2.